The van der Waals surface area contributed by atoms with Crippen LogP contribution in [0.2, 0.25) is 0 Å². The second-order valence-corrected chi connectivity index (χ2v) is 7.33. The highest BCUT2D eigenvalue weighted by Gasteiger charge is 2.37. The van der Waals surface area contributed by atoms with Crippen LogP contribution in [-0.2, 0) is 9.47 Å². The fourth-order valence-electron chi connectivity index (χ4n) is 2.54. The highest BCUT2D eigenvalue weighted by molar-refractivity contribution is 7.55. The van der Waals surface area contributed by atoms with Crippen LogP contribution < -0.4 is 10.6 Å². The summed E-state index contributed by atoms with van der Waals surface area (Å²) in [6.45, 7) is 4.15. The third kappa shape index (κ3) is 3.74. The van der Waals surface area contributed by atoms with E-state index in [4.69, 9.17) is 9.47 Å². The van der Waals surface area contributed by atoms with Crippen LogP contribution in [0.15, 0.2) is 54.6 Å². The normalized spacial score (nSPS) is 22.2. The second-order valence-electron chi connectivity index (χ2n) is 5.93. The minimum absolute atomic E-state index is 0.308. The Morgan fingerprint density at radius 2 is 1.68 bits per heavy atom. The van der Waals surface area contributed by atoms with Crippen LogP contribution in [0.1, 0.15) is 25.5 Å². The van der Waals surface area contributed by atoms with Gasteiger partial charge in [-0.1, -0.05) is 63.2 Å². The predicted octanol–water partition coefficient (Wildman–Crippen LogP) is 2.50. The lowest BCUT2D eigenvalue weighted by atomic mass is 10.1. The van der Waals surface area contributed by atoms with Crippen LogP contribution in [0.25, 0.3) is 0 Å². The van der Waals surface area contributed by atoms with Crippen LogP contribution in [-0.4, -0.2) is 23.6 Å². The molecule has 2 aromatic rings. The van der Waals surface area contributed by atoms with Crippen molar-refractivity contribution in [3.05, 3.63) is 60.2 Å². The number of ether oxygens (including phenoxy) is 2. The maximum Gasteiger partial charge on any atom is 0.163 e. The van der Waals surface area contributed by atoms with Crippen molar-refractivity contribution in [1.29, 1.82) is 0 Å². The molecule has 3 unspecified atom stereocenters. The minimum atomic E-state index is -0.657. The molecule has 0 bridgehead atoms. The molecule has 0 spiro atoms. The molecule has 2 aromatic carbocycles. The largest absolute Gasteiger partial charge is 0.386 e. The van der Waals surface area contributed by atoms with Gasteiger partial charge in [0.05, 0.1) is 6.61 Å². The van der Waals surface area contributed by atoms with Gasteiger partial charge in [-0.3, -0.25) is 0 Å². The van der Waals surface area contributed by atoms with Crippen LogP contribution in [0.3, 0.4) is 0 Å². The molecule has 0 amide bonds. The van der Waals surface area contributed by atoms with Gasteiger partial charge in [0, 0.05) is 0 Å². The maximum absolute atomic E-state index is 10.4. The zero-order valence-electron chi connectivity index (χ0n) is 12.8. The summed E-state index contributed by atoms with van der Waals surface area (Å²) in [5.41, 5.74) is 0.868. The molecule has 0 aliphatic carbocycles. The van der Waals surface area contributed by atoms with Crippen molar-refractivity contribution < 1.29 is 14.6 Å². The van der Waals surface area contributed by atoms with E-state index >= 15 is 0 Å². The predicted molar refractivity (Wildman–Crippen MR) is 90.3 cm³/mol. The lowest BCUT2D eigenvalue weighted by Gasteiger charge is -2.20. The van der Waals surface area contributed by atoms with E-state index in [2.05, 4.69) is 36.4 Å². The Labute approximate surface area is 133 Å². The van der Waals surface area contributed by atoms with Gasteiger partial charge in [0.2, 0.25) is 0 Å². The highest BCUT2D eigenvalue weighted by atomic mass is 31.1. The van der Waals surface area contributed by atoms with Gasteiger partial charge < -0.3 is 14.6 Å². The van der Waals surface area contributed by atoms with E-state index in [0.29, 0.717) is 15.2 Å². The molecular weight excluding hydrogens is 295 g/mol. The molecule has 1 N–H and O–H groups in total. The Morgan fingerprint density at radius 1 is 1.05 bits per heavy atom. The van der Waals surface area contributed by atoms with E-state index in [1.807, 2.05) is 32.0 Å². The topological polar surface area (TPSA) is 38.7 Å². The van der Waals surface area contributed by atoms with E-state index in [0.717, 1.165) is 5.56 Å². The number of aliphatic hydroxyl groups is 1. The molecule has 4 heteroatoms. The number of aliphatic hydroxyl groups excluding tert-OH is 1. The van der Waals surface area contributed by atoms with Crippen molar-refractivity contribution in [2.24, 2.45) is 0 Å². The average molecular weight is 316 g/mol. The molecule has 0 saturated carbocycles. The Kier molecular flexibility index (Phi) is 4.60. The van der Waals surface area contributed by atoms with E-state index in [1.54, 1.807) is 0 Å². The quantitative estimate of drug-likeness (QED) is 0.881. The average Bonchev–Trinajstić information content (AvgIpc) is 2.88. The van der Waals surface area contributed by atoms with Crippen LogP contribution >= 0.6 is 8.58 Å². The van der Waals surface area contributed by atoms with Crippen LogP contribution in [0, 0.1) is 0 Å². The van der Waals surface area contributed by atoms with E-state index in [-0.39, 0.29) is 6.10 Å². The number of hydrogen-bond acceptors (Lipinski definition) is 3. The van der Waals surface area contributed by atoms with Crippen molar-refractivity contribution in [2.45, 2.75) is 31.8 Å². The molecule has 3 rings (SSSR count). The number of hydrogen-bond donors (Lipinski definition) is 1. The van der Waals surface area contributed by atoms with Gasteiger partial charge >= 0.3 is 0 Å². The van der Waals surface area contributed by atoms with Gasteiger partial charge in [0.25, 0.3) is 0 Å². The zero-order valence-corrected chi connectivity index (χ0v) is 13.8. The fraction of sp³-hybridized carbons (Fsp3) is 0.333. The summed E-state index contributed by atoms with van der Waals surface area (Å²) in [5.74, 6) is -0.611. The molecule has 1 fully saturated rings. The molecule has 116 valence electrons. The Morgan fingerprint density at radius 3 is 2.27 bits per heavy atom. The summed E-state index contributed by atoms with van der Waals surface area (Å²) in [7, 11) is 0.627. The van der Waals surface area contributed by atoms with Crippen molar-refractivity contribution in [3.8, 4) is 0 Å². The third-order valence-electron chi connectivity index (χ3n) is 3.70. The first-order valence-electron chi connectivity index (χ1n) is 7.45. The zero-order chi connectivity index (χ0) is 15.6. The van der Waals surface area contributed by atoms with Crippen molar-refractivity contribution in [1.82, 2.24) is 0 Å². The Balaban J connectivity index is 1.66. The highest BCUT2D eigenvalue weighted by Crippen LogP contribution is 2.30. The molecule has 3 nitrogen and oxygen atoms in total. The van der Waals surface area contributed by atoms with Gasteiger partial charge in [0.1, 0.15) is 12.2 Å². The van der Waals surface area contributed by atoms with Gasteiger partial charge in [0.15, 0.2) is 5.79 Å². The third-order valence-corrected chi connectivity index (χ3v) is 4.94. The second kappa shape index (κ2) is 6.47. The molecule has 1 saturated heterocycles. The Hall–Kier alpha value is -1.25. The lowest BCUT2D eigenvalue weighted by Crippen LogP contribution is -2.25. The molecule has 22 heavy (non-hydrogen) atoms. The summed E-state index contributed by atoms with van der Waals surface area (Å²) in [5, 5.41) is 13.0. The van der Waals surface area contributed by atoms with E-state index in [9.17, 15) is 5.11 Å². The van der Waals surface area contributed by atoms with Crippen molar-refractivity contribution >= 4 is 19.2 Å². The first-order chi connectivity index (χ1) is 10.5. The summed E-state index contributed by atoms with van der Waals surface area (Å²) < 4.78 is 11.2. The van der Waals surface area contributed by atoms with Gasteiger partial charge in [-0.2, -0.15) is 0 Å². The standard InChI is InChI=1S/C18H21O3P/c1-18(2)20-12-16(21-18)17(19)13-8-10-15(11-9-13)22-14-6-4-3-5-7-14/h3-11,16-17,19,22H,12H2,1-2H3. The first-order valence-corrected chi connectivity index (χ1v) is 8.45. The SMILES string of the molecule is CC1(C)OCC(C(O)c2ccc(Pc3ccccc3)cc2)O1. The molecular formula is C18H21O3P. The maximum atomic E-state index is 10.4. The first kappa shape index (κ1) is 15.6. The van der Waals surface area contributed by atoms with Crippen molar-refractivity contribution in [3.63, 3.8) is 0 Å². The molecule has 0 radical (unpaired) electrons. The molecule has 1 aliphatic heterocycles. The van der Waals surface area contributed by atoms with Crippen molar-refractivity contribution in [2.75, 3.05) is 6.61 Å². The number of rotatable bonds is 4. The fourth-order valence-corrected chi connectivity index (χ4v) is 3.56. The summed E-state index contributed by atoms with van der Waals surface area (Å²) in [4.78, 5) is 0. The van der Waals surface area contributed by atoms with Crippen LogP contribution in [0.4, 0.5) is 0 Å². The summed E-state index contributed by atoms with van der Waals surface area (Å²) in [6.07, 6.45) is -0.965. The molecule has 1 aliphatic rings. The molecule has 1 heterocycles. The van der Waals surface area contributed by atoms with Gasteiger partial charge in [-0.25, -0.2) is 0 Å². The minimum Gasteiger partial charge on any atom is -0.386 e. The van der Waals surface area contributed by atoms with E-state index in [1.165, 1.54) is 10.6 Å². The van der Waals surface area contributed by atoms with E-state index < -0.39 is 11.9 Å². The molecule has 0 aromatic heterocycles. The summed E-state index contributed by atoms with van der Waals surface area (Å²) >= 11 is 0. The molecule has 3 atom stereocenters. The number of benzene rings is 2. The van der Waals surface area contributed by atoms with Crippen LogP contribution in [0.5, 0.6) is 0 Å². The lowest BCUT2D eigenvalue weighted by molar-refractivity contribution is -0.151. The monoisotopic (exact) mass is 316 g/mol. The van der Waals surface area contributed by atoms with Gasteiger partial charge in [-0.15, -0.1) is 0 Å². The Bertz CT molecular complexity index is 610. The van der Waals surface area contributed by atoms with Gasteiger partial charge in [-0.05, 0) is 30.0 Å². The summed E-state index contributed by atoms with van der Waals surface area (Å²) in [6, 6.07) is 18.5. The smallest absolute Gasteiger partial charge is 0.163 e.